The van der Waals surface area contributed by atoms with Crippen molar-refractivity contribution in [3.63, 3.8) is 0 Å². The SMILES string of the molecule is CN(CCOc1ccc(F)cc1)C(=O)c1ccc(S(=O)(=O)Nc2ccc(F)cc2)cc1. The molecule has 0 spiro atoms. The first-order valence-corrected chi connectivity index (χ1v) is 10.8. The molecular weight excluding hydrogens is 426 g/mol. The Hall–Kier alpha value is -3.46. The van der Waals surface area contributed by atoms with Gasteiger partial charge in [0, 0.05) is 18.3 Å². The number of amides is 1. The summed E-state index contributed by atoms with van der Waals surface area (Å²) < 4.78 is 58.6. The molecule has 0 atom stereocenters. The number of rotatable bonds is 8. The minimum Gasteiger partial charge on any atom is -0.492 e. The number of anilines is 1. The van der Waals surface area contributed by atoms with Crippen LogP contribution in [0.15, 0.2) is 77.7 Å². The van der Waals surface area contributed by atoms with E-state index in [1.165, 1.54) is 65.6 Å². The van der Waals surface area contributed by atoms with Crippen LogP contribution in [0.25, 0.3) is 0 Å². The molecule has 0 fully saturated rings. The topological polar surface area (TPSA) is 75.7 Å². The normalized spacial score (nSPS) is 11.1. The molecule has 6 nitrogen and oxygen atoms in total. The van der Waals surface area contributed by atoms with E-state index in [2.05, 4.69) is 4.72 Å². The number of likely N-dealkylation sites (N-methyl/N-ethyl adjacent to an activating group) is 1. The quantitative estimate of drug-likeness (QED) is 0.569. The molecular formula is C22H20F2N2O4S. The van der Waals surface area contributed by atoms with Crippen LogP contribution in [-0.2, 0) is 10.0 Å². The maximum atomic E-state index is 13.0. The third-order valence-corrected chi connectivity index (χ3v) is 5.76. The van der Waals surface area contributed by atoms with Gasteiger partial charge in [0.1, 0.15) is 24.0 Å². The lowest BCUT2D eigenvalue weighted by Gasteiger charge is -2.18. The summed E-state index contributed by atoms with van der Waals surface area (Å²) in [5, 5.41) is 0. The number of nitrogens with zero attached hydrogens (tertiary/aromatic N) is 1. The fraction of sp³-hybridized carbons (Fsp3) is 0.136. The molecule has 0 aliphatic carbocycles. The number of hydrogen-bond acceptors (Lipinski definition) is 4. The number of carbonyl (C=O) groups is 1. The summed E-state index contributed by atoms with van der Waals surface area (Å²) in [7, 11) is -2.29. The van der Waals surface area contributed by atoms with Crippen LogP contribution >= 0.6 is 0 Å². The van der Waals surface area contributed by atoms with Crippen LogP contribution in [0.1, 0.15) is 10.4 Å². The summed E-state index contributed by atoms with van der Waals surface area (Å²) >= 11 is 0. The zero-order valence-electron chi connectivity index (χ0n) is 16.6. The summed E-state index contributed by atoms with van der Waals surface area (Å²) in [6, 6.07) is 16.0. The lowest BCUT2D eigenvalue weighted by atomic mass is 10.2. The number of ether oxygens (including phenoxy) is 1. The van der Waals surface area contributed by atoms with E-state index in [0.29, 0.717) is 11.3 Å². The Bertz CT molecular complexity index is 1130. The molecule has 9 heteroatoms. The Morgan fingerprint density at radius 3 is 2.03 bits per heavy atom. The molecule has 0 aromatic heterocycles. The van der Waals surface area contributed by atoms with Crippen molar-refractivity contribution < 1.29 is 26.7 Å². The first kappa shape index (κ1) is 22.2. The van der Waals surface area contributed by atoms with Gasteiger partial charge in [0.05, 0.1) is 11.4 Å². The van der Waals surface area contributed by atoms with E-state index in [0.717, 1.165) is 12.1 Å². The van der Waals surface area contributed by atoms with Crippen molar-refractivity contribution in [2.45, 2.75) is 4.90 Å². The standard InChI is InChI=1S/C22H20F2N2O4S/c1-26(14-15-30-20-10-6-18(24)7-11-20)22(27)16-2-12-21(13-3-16)31(28,29)25-19-8-4-17(23)5-9-19/h2-13,25H,14-15H2,1H3. The van der Waals surface area contributed by atoms with E-state index in [-0.39, 0.29) is 35.5 Å². The maximum absolute atomic E-state index is 13.0. The fourth-order valence-electron chi connectivity index (χ4n) is 2.66. The van der Waals surface area contributed by atoms with Crippen molar-refractivity contribution >= 4 is 21.6 Å². The molecule has 0 radical (unpaired) electrons. The highest BCUT2D eigenvalue weighted by Gasteiger charge is 2.17. The molecule has 3 aromatic carbocycles. The van der Waals surface area contributed by atoms with E-state index in [4.69, 9.17) is 4.74 Å². The van der Waals surface area contributed by atoms with Crippen LogP contribution in [0, 0.1) is 11.6 Å². The first-order chi connectivity index (χ1) is 14.7. The largest absolute Gasteiger partial charge is 0.492 e. The number of sulfonamides is 1. The van der Waals surface area contributed by atoms with Gasteiger partial charge in [0.25, 0.3) is 15.9 Å². The van der Waals surface area contributed by atoms with E-state index in [1.54, 1.807) is 7.05 Å². The van der Waals surface area contributed by atoms with Crippen LogP contribution in [0.4, 0.5) is 14.5 Å². The second kappa shape index (κ2) is 9.57. The van der Waals surface area contributed by atoms with Crippen LogP contribution < -0.4 is 9.46 Å². The zero-order chi connectivity index (χ0) is 22.4. The number of halogens is 2. The number of nitrogens with one attached hydrogen (secondary N) is 1. The summed E-state index contributed by atoms with van der Waals surface area (Å²) in [6.07, 6.45) is 0. The minimum atomic E-state index is -3.88. The Morgan fingerprint density at radius 2 is 1.45 bits per heavy atom. The van der Waals surface area contributed by atoms with Crippen molar-refractivity contribution in [1.82, 2.24) is 4.90 Å². The number of hydrogen-bond donors (Lipinski definition) is 1. The average molecular weight is 446 g/mol. The zero-order valence-corrected chi connectivity index (χ0v) is 17.4. The number of carbonyl (C=O) groups excluding carboxylic acids is 1. The van der Waals surface area contributed by atoms with Crippen molar-refractivity contribution in [2.75, 3.05) is 24.9 Å². The highest BCUT2D eigenvalue weighted by molar-refractivity contribution is 7.92. The van der Waals surface area contributed by atoms with Crippen LogP contribution in [0.2, 0.25) is 0 Å². The van der Waals surface area contributed by atoms with Crippen molar-refractivity contribution in [1.29, 1.82) is 0 Å². The van der Waals surface area contributed by atoms with E-state index < -0.39 is 15.8 Å². The molecule has 31 heavy (non-hydrogen) atoms. The molecule has 3 rings (SSSR count). The average Bonchev–Trinajstić information content (AvgIpc) is 2.76. The van der Waals surface area contributed by atoms with Gasteiger partial charge in [-0.15, -0.1) is 0 Å². The van der Waals surface area contributed by atoms with Gasteiger partial charge >= 0.3 is 0 Å². The highest BCUT2D eigenvalue weighted by Crippen LogP contribution is 2.18. The summed E-state index contributed by atoms with van der Waals surface area (Å²) in [5.41, 5.74) is 0.535. The molecule has 0 bridgehead atoms. The van der Waals surface area contributed by atoms with Gasteiger partial charge in [-0.05, 0) is 72.8 Å². The summed E-state index contributed by atoms with van der Waals surface area (Å²) in [5.74, 6) is -0.653. The third-order valence-electron chi connectivity index (χ3n) is 4.36. The Labute approximate surface area is 179 Å². The summed E-state index contributed by atoms with van der Waals surface area (Å²) in [6.45, 7) is 0.490. The molecule has 0 aliphatic heterocycles. The molecule has 0 unspecified atom stereocenters. The van der Waals surface area contributed by atoms with Gasteiger partial charge in [0.2, 0.25) is 0 Å². The van der Waals surface area contributed by atoms with Crippen LogP contribution in [-0.4, -0.2) is 39.4 Å². The smallest absolute Gasteiger partial charge is 0.261 e. The van der Waals surface area contributed by atoms with E-state index in [9.17, 15) is 22.0 Å². The second-order valence-corrected chi connectivity index (χ2v) is 8.35. The molecule has 1 N–H and O–H groups in total. The predicted octanol–water partition coefficient (Wildman–Crippen LogP) is 3.92. The second-order valence-electron chi connectivity index (χ2n) is 6.67. The Morgan fingerprint density at radius 1 is 0.903 bits per heavy atom. The molecule has 3 aromatic rings. The monoisotopic (exact) mass is 446 g/mol. The van der Waals surface area contributed by atoms with Crippen LogP contribution in [0.5, 0.6) is 5.75 Å². The van der Waals surface area contributed by atoms with Gasteiger partial charge < -0.3 is 9.64 Å². The maximum Gasteiger partial charge on any atom is 0.261 e. The fourth-order valence-corrected chi connectivity index (χ4v) is 3.72. The van der Waals surface area contributed by atoms with Gasteiger partial charge in [-0.25, -0.2) is 17.2 Å². The molecule has 0 saturated carbocycles. The van der Waals surface area contributed by atoms with Crippen molar-refractivity contribution in [3.05, 3.63) is 90.0 Å². The highest BCUT2D eigenvalue weighted by atomic mass is 32.2. The van der Waals surface area contributed by atoms with Gasteiger partial charge in [-0.1, -0.05) is 0 Å². The Balaban J connectivity index is 1.58. The van der Waals surface area contributed by atoms with Crippen molar-refractivity contribution in [2.24, 2.45) is 0 Å². The lowest BCUT2D eigenvalue weighted by Crippen LogP contribution is -2.30. The first-order valence-electron chi connectivity index (χ1n) is 9.27. The van der Waals surface area contributed by atoms with Gasteiger partial charge in [0.15, 0.2) is 0 Å². The van der Waals surface area contributed by atoms with E-state index >= 15 is 0 Å². The summed E-state index contributed by atoms with van der Waals surface area (Å²) in [4.78, 5) is 13.9. The van der Waals surface area contributed by atoms with Gasteiger partial charge in [-0.2, -0.15) is 0 Å². The lowest BCUT2D eigenvalue weighted by molar-refractivity contribution is 0.0773. The van der Waals surface area contributed by atoms with E-state index in [1.807, 2.05) is 0 Å². The van der Waals surface area contributed by atoms with Gasteiger partial charge in [-0.3, -0.25) is 9.52 Å². The number of benzene rings is 3. The Kier molecular flexibility index (Phi) is 6.86. The predicted molar refractivity (Wildman–Crippen MR) is 113 cm³/mol. The van der Waals surface area contributed by atoms with Crippen LogP contribution in [0.3, 0.4) is 0 Å². The molecule has 1 amide bonds. The molecule has 0 saturated heterocycles. The molecule has 162 valence electrons. The minimum absolute atomic E-state index is 0.0318. The molecule has 0 aliphatic rings. The third kappa shape index (κ3) is 6.02. The van der Waals surface area contributed by atoms with Crippen molar-refractivity contribution in [3.8, 4) is 5.75 Å². The molecule has 0 heterocycles.